The SMILES string of the molecule is C=C[n+]1ccccc1.O=S(=O)([O-])c1ccccc1. The highest BCUT2D eigenvalue weighted by Crippen LogP contribution is 2.04. The van der Waals surface area contributed by atoms with E-state index in [2.05, 4.69) is 6.58 Å². The van der Waals surface area contributed by atoms with Crippen LogP contribution in [-0.4, -0.2) is 13.0 Å². The van der Waals surface area contributed by atoms with Crippen molar-refractivity contribution in [3.8, 4) is 0 Å². The molecule has 0 saturated carbocycles. The van der Waals surface area contributed by atoms with Crippen molar-refractivity contribution < 1.29 is 17.5 Å². The standard InChI is InChI=1S/C7H8N.C6H6O3S/c1-2-8-6-4-3-5-7-8;7-10(8,9)6-4-2-1-3-5-6/h2-7H,1H2;1-5H,(H,7,8,9)/q+1;/p-1. The smallest absolute Gasteiger partial charge is 0.174 e. The molecule has 0 aliphatic rings. The highest BCUT2D eigenvalue weighted by molar-refractivity contribution is 7.85. The van der Waals surface area contributed by atoms with Crippen molar-refractivity contribution >= 4 is 16.3 Å². The molecule has 2 rings (SSSR count). The van der Waals surface area contributed by atoms with Crippen LogP contribution in [0.1, 0.15) is 0 Å². The maximum absolute atomic E-state index is 10.3. The van der Waals surface area contributed by atoms with Crippen molar-refractivity contribution in [2.75, 3.05) is 0 Å². The van der Waals surface area contributed by atoms with E-state index in [0.29, 0.717) is 0 Å². The first-order valence-electron chi connectivity index (χ1n) is 5.13. The second-order valence-corrected chi connectivity index (χ2v) is 4.65. The Hall–Kier alpha value is -1.98. The summed E-state index contributed by atoms with van der Waals surface area (Å²) in [6.45, 7) is 3.59. The number of aromatic nitrogens is 1. The van der Waals surface area contributed by atoms with E-state index in [9.17, 15) is 13.0 Å². The van der Waals surface area contributed by atoms with Crippen LogP contribution in [0.15, 0.2) is 72.4 Å². The maximum atomic E-state index is 10.3. The van der Waals surface area contributed by atoms with Crippen LogP contribution in [-0.2, 0) is 10.1 Å². The fourth-order valence-corrected chi connectivity index (χ4v) is 1.61. The molecule has 0 fully saturated rings. The summed E-state index contributed by atoms with van der Waals surface area (Å²) in [4.78, 5) is -0.185. The zero-order valence-electron chi connectivity index (χ0n) is 9.64. The summed E-state index contributed by atoms with van der Waals surface area (Å²) in [6.07, 6.45) is 5.62. The van der Waals surface area contributed by atoms with Crippen LogP contribution in [0.4, 0.5) is 0 Å². The quantitative estimate of drug-likeness (QED) is 0.611. The molecule has 0 N–H and O–H groups in total. The Bertz CT molecular complexity index is 580. The molecule has 5 heteroatoms. The molecule has 0 saturated heterocycles. The van der Waals surface area contributed by atoms with E-state index in [1.807, 2.05) is 35.2 Å². The van der Waals surface area contributed by atoms with Gasteiger partial charge >= 0.3 is 0 Å². The molecule has 1 aromatic heterocycles. The van der Waals surface area contributed by atoms with E-state index in [0.717, 1.165) is 0 Å². The van der Waals surface area contributed by atoms with Gasteiger partial charge in [0.1, 0.15) is 10.1 Å². The number of nitrogens with zero attached hydrogens (tertiary/aromatic N) is 1. The van der Waals surface area contributed by atoms with Gasteiger partial charge in [0.25, 0.3) is 0 Å². The number of hydrogen-bond donors (Lipinski definition) is 0. The second kappa shape index (κ2) is 6.68. The van der Waals surface area contributed by atoms with Crippen LogP contribution in [0.3, 0.4) is 0 Å². The van der Waals surface area contributed by atoms with Gasteiger partial charge < -0.3 is 4.55 Å². The molecule has 1 aromatic carbocycles. The number of benzene rings is 1. The van der Waals surface area contributed by atoms with Crippen molar-refractivity contribution in [2.45, 2.75) is 4.90 Å². The van der Waals surface area contributed by atoms with E-state index in [-0.39, 0.29) is 4.90 Å². The van der Waals surface area contributed by atoms with Gasteiger partial charge in [0.2, 0.25) is 0 Å². The van der Waals surface area contributed by atoms with Gasteiger partial charge in [0, 0.05) is 12.1 Å². The Kier molecular flexibility index (Phi) is 5.23. The molecular weight excluding hydrogens is 250 g/mol. The summed E-state index contributed by atoms with van der Waals surface area (Å²) in [5.41, 5.74) is 0. The van der Waals surface area contributed by atoms with Gasteiger partial charge in [-0.25, -0.2) is 8.42 Å². The van der Waals surface area contributed by atoms with Gasteiger partial charge in [-0.15, -0.1) is 0 Å². The number of pyridine rings is 1. The average molecular weight is 263 g/mol. The molecule has 18 heavy (non-hydrogen) atoms. The van der Waals surface area contributed by atoms with Gasteiger partial charge in [-0.05, 0) is 18.7 Å². The first-order valence-corrected chi connectivity index (χ1v) is 6.54. The Morgan fingerprint density at radius 2 is 1.50 bits per heavy atom. The van der Waals surface area contributed by atoms with Crippen molar-refractivity contribution in [3.05, 3.63) is 67.5 Å². The molecule has 1 heterocycles. The van der Waals surface area contributed by atoms with Crippen LogP contribution in [0.5, 0.6) is 0 Å². The minimum atomic E-state index is -4.25. The van der Waals surface area contributed by atoms with Gasteiger partial charge in [0.15, 0.2) is 18.6 Å². The first-order chi connectivity index (χ1) is 8.54. The normalized spacial score (nSPS) is 10.1. The molecule has 0 radical (unpaired) electrons. The summed E-state index contributed by atoms with van der Waals surface area (Å²) >= 11 is 0. The van der Waals surface area contributed by atoms with Crippen LogP contribution in [0.25, 0.3) is 6.20 Å². The fourth-order valence-electron chi connectivity index (χ4n) is 1.12. The minimum Gasteiger partial charge on any atom is -0.744 e. The van der Waals surface area contributed by atoms with E-state index in [4.69, 9.17) is 0 Å². The van der Waals surface area contributed by atoms with E-state index >= 15 is 0 Å². The molecule has 0 aliphatic carbocycles. The number of hydrogen-bond acceptors (Lipinski definition) is 3. The minimum absolute atomic E-state index is 0.185. The molecule has 94 valence electrons. The Labute approximate surface area is 107 Å². The zero-order chi connectivity index (χ0) is 13.4. The Morgan fingerprint density at radius 1 is 1.00 bits per heavy atom. The topological polar surface area (TPSA) is 61.1 Å². The second-order valence-electron chi connectivity index (χ2n) is 3.27. The van der Waals surface area contributed by atoms with Crippen molar-refractivity contribution in [1.82, 2.24) is 0 Å². The highest BCUT2D eigenvalue weighted by Gasteiger charge is 1.95. The largest absolute Gasteiger partial charge is 0.744 e. The monoisotopic (exact) mass is 263 g/mol. The van der Waals surface area contributed by atoms with Crippen LogP contribution < -0.4 is 4.57 Å². The molecule has 0 unspecified atom stereocenters. The molecule has 0 amide bonds. The Balaban J connectivity index is 0.000000184. The lowest BCUT2D eigenvalue weighted by atomic mass is 10.4. The summed E-state index contributed by atoms with van der Waals surface area (Å²) in [6, 6.07) is 13.1. The van der Waals surface area contributed by atoms with E-state index in [1.54, 1.807) is 12.3 Å². The molecule has 0 bridgehead atoms. The van der Waals surface area contributed by atoms with Gasteiger partial charge in [-0.1, -0.05) is 24.3 Å². The molecule has 0 spiro atoms. The first kappa shape index (κ1) is 14.1. The van der Waals surface area contributed by atoms with Gasteiger partial charge in [-0.2, -0.15) is 4.57 Å². The lowest BCUT2D eigenvalue weighted by Crippen LogP contribution is -2.22. The van der Waals surface area contributed by atoms with Gasteiger partial charge in [0.05, 0.1) is 4.90 Å². The third-order valence-corrected chi connectivity index (χ3v) is 2.83. The van der Waals surface area contributed by atoms with Crippen LogP contribution in [0, 0.1) is 0 Å². The summed E-state index contributed by atoms with van der Waals surface area (Å²) < 4.78 is 32.7. The zero-order valence-corrected chi connectivity index (χ0v) is 10.5. The van der Waals surface area contributed by atoms with Crippen molar-refractivity contribution in [3.63, 3.8) is 0 Å². The van der Waals surface area contributed by atoms with E-state index in [1.165, 1.54) is 24.3 Å². The predicted molar refractivity (Wildman–Crippen MR) is 67.4 cm³/mol. The highest BCUT2D eigenvalue weighted by atomic mass is 32.2. The van der Waals surface area contributed by atoms with Crippen molar-refractivity contribution in [2.24, 2.45) is 0 Å². The Morgan fingerprint density at radius 3 is 1.83 bits per heavy atom. The van der Waals surface area contributed by atoms with Crippen LogP contribution in [0.2, 0.25) is 0 Å². The average Bonchev–Trinajstić information content (AvgIpc) is 2.40. The number of rotatable bonds is 2. The molecule has 0 aliphatic heterocycles. The molecule has 4 nitrogen and oxygen atoms in total. The van der Waals surface area contributed by atoms with Crippen LogP contribution >= 0.6 is 0 Å². The molecule has 0 atom stereocenters. The summed E-state index contributed by atoms with van der Waals surface area (Å²) in [7, 11) is -4.25. The van der Waals surface area contributed by atoms with Crippen molar-refractivity contribution in [1.29, 1.82) is 0 Å². The van der Waals surface area contributed by atoms with Gasteiger partial charge in [-0.3, -0.25) is 0 Å². The fraction of sp³-hybridized carbons (Fsp3) is 0. The summed E-state index contributed by atoms with van der Waals surface area (Å²) in [5.74, 6) is 0. The van der Waals surface area contributed by atoms with E-state index < -0.39 is 10.1 Å². The predicted octanol–water partition coefficient (Wildman–Crippen LogP) is 1.67. The third-order valence-electron chi connectivity index (χ3n) is 1.98. The molecule has 2 aromatic rings. The summed E-state index contributed by atoms with van der Waals surface area (Å²) in [5, 5.41) is 0. The molecular formula is C13H13NO3S. The third kappa shape index (κ3) is 4.90. The lowest BCUT2D eigenvalue weighted by molar-refractivity contribution is -0.567. The maximum Gasteiger partial charge on any atom is 0.174 e. The lowest BCUT2D eigenvalue weighted by Gasteiger charge is -2.04.